The van der Waals surface area contributed by atoms with Gasteiger partial charge in [0.1, 0.15) is 19.3 Å². The van der Waals surface area contributed by atoms with Crippen molar-refractivity contribution in [3.8, 4) is 0 Å². The zero-order valence-electron chi connectivity index (χ0n) is 26.2. The largest absolute Gasteiger partial charge is 0.463 e. The average Bonchev–Trinajstić information content (AvgIpc) is 2.95. The van der Waals surface area contributed by atoms with Gasteiger partial charge in [0.25, 0.3) is 0 Å². The Kier molecular flexibility index (Phi) is 29.1. The van der Waals surface area contributed by atoms with Crippen LogP contribution in [0.15, 0.2) is 48.6 Å². The number of esters is 2. The number of ether oxygens (including phenoxy) is 2. The summed E-state index contributed by atoms with van der Waals surface area (Å²) >= 11 is 0. The molecule has 0 heterocycles. The van der Waals surface area contributed by atoms with Crippen LogP contribution in [-0.4, -0.2) is 47.6 Å². The standard InChI is InChI=1S/C35H60O6/c1-3-4-5-6-7-15-19-22-25-28-34(38)40-30-33(37)31-41-35(39)29-26-23-20-17-14-12-10-8-9-11-13-16-18-21-24-27-32(2)36/h9-12,16-18,20,32-33,36-37H,3-8,13-15,19,21-31H2,1-2H3/b11-9-,12-10-,18-16-,20-17-/t32-,33+/m1/s1. The molecule has 0 aliphatic heterocycles. The number of carbonyl (C=O) groups excluding carboxylic acids is 2. The van der Waals surface area contributed by atoms with E-state index in [1.807, 2.05) is 6.92 Å². The number of unbranched alkanes of at least 4 members (excludes halogenated alkanes) is 10. The Hall–Kier alpha value is -2.18. The van der Waals surface area contributed by atoms with E-state index in [1.165, 1.54) is 38.5 Å². The highest BCUT2D eigenvalue weighted by Gasteiger charge is 2.11. The van der Waals surface area contributed by atoms with E-state index in [0.717, 1.165) is 64.2 Å². The minimum absolute atomic E-state index is 0.141. The Morgan fingerprint density at radius 1 is 0.585 bits per heavy atom. The Morgan fingerprint density at radius 3 is 1.49 bits per heavy atom. The van der Waals surface area contributed by atoms with Crippen molar-refractivity contribution in [2.24, 2.45) is 0 Å². The van der Waals surface area contributed by atoms with Crippen LogP contribution in [0.5, 0.6) is 0 Å². The highest BCUT2D eigenvalue weighted by atomic mass is 16.6. The molecule has 0 amide bonds. The fourth-order valence-corrected chi connectivity index (χ4v) is 4.09. The summed E-state index contributed by atoms with van der Waals surface area (Å²) in [5, 5.41) is 19.1. The molecular formula is C35H60O6. The molecule has 0 aromatic rings. The summed E-state index contributed by atoms with van der Waals surface area (Å²) < 4.78 is 10.2. The Balaban J connectivity index is 3.60. The molecule has 0 radical (unpaired) electrons. The van der Waals surface area contributed by atoms with Crippen LogP contribution >= 0.6 is 0 Å². The van der Waals surface area contributed by atoms with Crippen LogP contribution in [0.4, 0.5) is 0 Å². The minimum atomic E-state index is -0.990. The molecule has 0 bridgehead atoms. The van der Waals surface area contributed by atoms with Gasteiger partial charge in [-0.2, -0.15) is 0 Å². The maximum absolute atomic E-state index is 11.9. The van der Waals surface area contributed by atoms with E-state index in [0.29, 0.717) is 19.3 Å². The monoisotopic (exact) mass is 576 g/mol. The number of rotatable bonds is 28. The maximum atomic E-state index is 11.9. The molecule has 0 unspecified atom stereocenters. The van der Waals surface area contributed by atoms with Crippen LogP contribution in [0.25, 0.3) is 0 Å². The normalized spacial score (nSPS) is 13.6. The van der Waals surface area contributed by atoms with E-state index in [9.17, 15) is 19.8 Å². The second-order valence-corrected chi connectivity index (χ2v) is 10.9. The SMILES string of the molecule is CCCCCCCCCCCC(=O)OC[C@H](O)COC(=O)CCC/C=C\C/C=C\C/C=C\C/C=C\CCC[C@@H](C)O. The van der Waals surface area contributed by atoms with Crippen molar-refractivity contribution in [2.45, 2.75) is 148 Å². The number of allylic oxidation sites excluding steroid dienone is 8. The highest BCUT2D eigenvalue weighted by molar-refractivity contribution is 5.69. The van der Waals surface area contributed by atoms with Gasteiger partial charge in [0, 0.05) is 12.8 Å². The third-order valence-corrected chi connectivity index (χ3v) is 6.59. The van der Waals surface area contributed by atoms with E-state index >= 15 is 0 Å². The molecule has 236 valence electrons. The van der Waals surface area contributed by atoms with Gasteiger partial charge in [-0.25, -0.2) is 0 Å². The van der Waals surface area contributed by atoms with Crippen LogP contribution < -0.4 is 0 Å². The van der Waals surface area contributed by atoms with Crippen LogP contribution in [0.3, 0.4) is 0 Å². The lowest BCUT2D eigenvalue weighted by atomic mass is 10.1. The van der Waals surface area contributed by atoms with Crippen molar-refractivity contribution in [3.63, 3.8) is 0 Å². The molecule has 0 aromatic carbocycles. The van der Waals surface area contributed by atoms with Gasteiger partial charge < -0.3 is 19.7 Å². The van der Waals surface area contributed by atoms with Crippen LogP contribution in [0.1, 0.15) is 136 Å². The third kappa shape index (κ3) is 32.2. The summed E-state index contributed by atoms with van der Waals surface area (Å²) in [6.07, 6.45) is 34.4. The van der Waals surface area contributed by atoms with Gasteiger partial charge in [-0.3, -0.25) is 9.59 Å². The molecule has 0 saturated carbocycles. The van der Waals surface area contributed by atoms with Crippen molar-refractivity contribution in [1.82, 2.24) is 0 Å². The quantitative estimate of drug-likeness (QED) is 0.0551. The van der Waals surface area contributed by atoms with Crippen molar-refractivity contribution < 1.29 is 29.3 Å². The molecule has 41 heavy (non-hydrogen) atoms. The fourth-order valence-electron chi connectivity index (χ4n) is 4.09. The van der Waals surface area contributed by atoms with Crippen LogP contribution in [0.2, 0.25) is 0 Å². The fraction of sp³-hybridized carbons (Fsp3) is 0.714. The lowest BCUT2D eigenvalue weighted by molar-refractivity contribution is -0.152. The van der Waals surface area contributed by atoms with Gasteiger partial charge >= 0.3 is 11.9 Å². The summed E-state index contributed by atoms with van der Waals surface area (Å²) in [4.78, 5) is 23.7. The maximum Gasteiger partial charge on any atom is 0.305 e. The summed E-state index contributed by atoms with van der Waals surface area (Å²) in [6, 6.07) is 0. The zero-order valence-corrected chi connectivity index (χ0v) is 26.2. The predicted octanol–water partition coefficient (Wildman–Crippen LogP) is 8.47. The minimum Gasteiger partial charge on any atom is -0.463 e. The smallest absolute Gasteiger partial charge is 0.305 e. The van der Waals surface area contributed by atoms with Gasteiger partial charge in [-0.1, -0.05) is 107 Å². The average molecular weight is 577 g/mol. The molecular weight excluding hydrogens is 516 g/mol. The molecule has 2 N–H and O–H groups in total. The van der Waals surface area contributed by atoms with Crippen molar-refractivity contribution >= 4 is 11.9 Å². The number of aliphatic hydroxyl groups is 2. The van der Waals surface area contributed by atoms with E-state index in [2.05, 4.69) is 55.5 Å². The van der Waals surface area contributed by atoms with Gasteiger partial charge in [0.2, 0.25) is 0 Å². The van der Waals surface area contributed by atoms with Gasteiger partial charge in [-0.05, 0) is 64.7 Å². The highest BCUT2D eigenvalue weighted by Crippen LogP contribution is 2.11. The summed E-state index contributed by atoms with van der Waals surface area (Å²) in [7, 11) is 0. The van der Waals surface area contributed by atoms with E-state index < -0.39 is 6.10 Å². The predicted molar refractivity (Wildman–Crippen MR) is 170 cm³/mol. The van der Waals surface area contributed by atoms with Crippen molar-refractivity contribution in [3.05, 3.63) is 48.6 Å². The molecule has 0 rings (SSSR count). The second-order valence-electron chi connectivity index (χ2n) is 10.9. The number of carbonyl (C=O) groups is 2. The molecule has 0 saturated heterocycles. The first kappa shape index (κ1) is 38.8. The zero-order chi connectivity index (χ0) is 30.2. The van der Waals surface area contributed by atoms with Crippen LogP contribution in [-0.2, 0) is 19.1 Å². The third-order valence-electron chi connectivity index (χ3n) is 6.59. The Labute approximate surface area is 251 Å². The first-order chi connectivity index (χ1) is 20.0. The second kappa shape index (κ2) is 30.8. The van der Waals surface area contributed by atoms with Crippen molar-refractivity contribution in [2.75, 3.05) is 13.2 Å². The first-order valence-corrected chi connectivity index (χ1v) is 16.2. The summed E-state index contributed by atoms with van der Waals surface area (Å²) in [5.74, 6) is -0.652. The Morgan fingerprint density at radius 2 is 1.00 bits per heavy atom. The molecule has 2 atom stereocenters. The van der Waals surface area contributed by atoms with Gasteiger partial charge in [0.15, 0.2) is 0 Å². The lowest BCUT2D eigenvalue weighted by Gasteiger charge is -2.12. The molecule has 0 aliphatic carbocycles. The topological polar surface area (TPSA) is 93.1 Å². The summed E-state index contributed by atoms with van der Waals surface area (Å²) in [6.45, 7) is 3.75. The molecule has 0 aromatic heterocycles. The molecule has 6 nitrogen and oxygen atoms in total. The molecule has 0 fully saturated rings. The first-order valence-electron chi connectivity index (χ1n) is 16.2. The van der Waals surface area contributed by atoms with Gasteiger partial charge in [-0.15, -0.1) is 0 Å². The van der Waals surface area contributed by atoms with Gasteiger partial charge in [0.05, 0.1) is 6.10 Å². The number of aliphatic hydroxyl groups excluding tert-OH is 2. The van der Waals surface area contributed by atoms with E-state index in [-0.39, 0.29) is 31.3 Å². The van der Waals surface area contributed by atoms with Crippen molar-refractivity contribution in [1.29, 1.82) is 0 Å². The summed E-state index contributed by atoms with van der Waals surface area (Å²) in [5.41, 5.74) is 0. The number of hydrogen-bond acceptors (Lipinski definition) is 6. The number of hydrogen-bond donors (Lipinski definition) is 2. The lowest BCUT2D eigenvalue weighted by Crippen LogP contribution is -2.25. The molecule has 0 aliphatic rings. The molecule has 6 heteroatoms. The van der Waals surface area contributed by atoms with E-state index in [1.54, 1.807) is 0 Å². The van der Waals surface area contributed by atoms with Crippen LogP contribution in [0, 0.1) is 0 Å². The molecule has 0 spiro atoms. The Bertz CT molecular complexity index is 722. The van der Waals surface area contributed by atoms with E-state index in [4.69, 9.17) is 9.47 Å².